The molecule has 0 fully saturated rings. The number of aryl methyl sites for hydroxylation is 1. The minimum Gasteiger partial charge on any atom is -0.307 e. The Balaban J connectivity index is 1.67. The fraction of sp³-hybridized carbons (Fsp3) is 0.263. The number of fused-ring (bicyclic) bond motifs is 3. The molecule has 0 bridgehead atoms. The number of carbonyl (C=O) groups is 1. The lowest BCUT2D eigenvalue weighted by atomic mass is 9.84. The molecule has 33 heavy (non-hydrogen) atoms. The van der Waals surface area contributed by atoms with E-state index in [2.05, 4.69) is 30.9 Å². The van der Waals surface area contributed by atoms with Gasteiger partial charge in [-0.15, -0.1) is 0 Å². The van der Waals surface area contributed by atoms with Crippen LogP contribution in [0.3, 0.4) is 0 Å². The van der Waals surface area contributed by atoms with Crippen LogP contribution in [0.2, 0.25) is 5.02 Å². The van der Waals surface area contributed by atoms with Crippen LogP contribution in [0.15, 0.2) is 29.8 Å². The SMILES string of the molecule is Cc1cn2ncc3c(c2n1)[C@@](C)(C(F)(F)F)CN3C(=O)Nc1cnc(N/N=C\C=N)c(Cl)c1. The highest BCUT2D eigenvalue weighted by Gasteiger charge is 2.60. The molecule has 0 unspecified atom stereocenters. The van der Waals surface area contributed by atoms with E-state index in [9.17, 15) is 18.0 Å². The van der Waals surface area contributed by atoms with E-state index in [1.807, 2.05) is 0 Å². The van der Waals surface area contributed by atoms with E-state index < -0.39 is 24.2 Å². The van der Waals surface area contributed by atoms with Crippen LogP contribution in [-0.4, -0.2) is 50.8 Å². The Bertz CT molecular complexity index is 1290. The first-order valence-electron chi connectivity index (χ1n) is 9.49. The summed E-state index contributed by atoms with van der Waals surface area (Å²) in [6.45, 7) is 2.04. The van der Waals surface area contributed by atoms with Crippen molar-refractivity contribution in [3.8, 4) is 0 Å². The van der Waals surface area contributed by atoms with E-state index in [1.54, 1.807) is 6.92 Å². The molecule has 3 N–H and O–H groups in total. The molecule has 0 saturated heterocycles. The molecule has 0 saturated carbocycles. The zero-order chi connectivity index (χ0) is 24.0. The summed E-state index contributed by atoms with van der Waals surface area (Å²) in [6, 6.07) is 0.563. The monoisotopic (exact) mass is 479 g/mol. The van der Waals surface area contributed by atoms with Crippen molar-refractivity contribution in [1.29, 1.82) is 5.41 Å². The largest absolute Gasteiger partial charge is 0.400 e. The van der Waals surface area contributed by atoms with E-state index in [-0.39, 0.29) is 33.4 Å². The minimum absolute atomic E-state index is 0.0174. The number of amides is 2. The number of hydrogen-bond acceptors (Lipinski definition) is 7. The second-order valence-electron chi connectivity index (χ2n) is 7.51. The van der Waals surface area contributed by atoms with Crippen molar-refractivity contribution in [2.75, 3.05) is 22.2 Å². The number of imidazole rings is 1. The standard InChI is InChI=1S/C19H17ClF3N9O/c1-10-8-32-16(28-10)14-13(7-27-32)31(9-18(14,2)19(21,22)23)17(33)29-11-5-12(20)15(25-6-11)30-26-4-3-24/h3-8,24H,9H2,1-2H3,(H,25,30)(H,29,33)/b24-3?,26-4-/t18-/m0/s1. The average molecular weight is 480 g/mol. The van der Waals surface area contributed by atoms with Crippen LogP contribution in [-0.2, 0) is 5.41 Å². The van der Waals surface area contributed by atoms with Crippen LogP contribution in [0, 0.1) is 12.3 Å². The van der Waals surface area contributed by atoms with Crippen molar-refractivity contribution in [3.05, 3.63) is 40.9 Å². The van der Waals surface area contributed by atoms with E-state index in [4.69, 9.17) is 17.0 Å². The quantitative estimate of drug-likeness (QED) is 0.385. The van der Waals surface area contributed by atoms with Crippen LogP contribution in [0.1, 0.15) is 18.2 Å². The number of rotatable bonds is 4. The van der Waals surface area contributed by atoms with Gasteiger partial charge in [0.15, 0.2) is 11.5 Å². The van der Waals surface area contributed by atoms with Gasteiger partial charge in [-0.25, -0.2) is 19.3 Å². The van der Waals surface area contributed by atoms with Crippen molar-refractivity contribution >= 4 is 52.9 Å². The third-order valence-electron chi connectivity index (χ3n) is 5.19. The van der Waals surface area contributed by atoms with Gasteiger partial charge in [0, 0.05) is 18.3 Å². The first-order valence-corrected chi connectivity index (χ1v) is 9.87. The van der Waals surface area contributed by atoms with Crippen LogP contribution in [0.25, 0.3) is 5.65 Å². The summed E-state index contributed by atoms with van der Waals surface area (Å²) in [5.74, 6) is 0.171. The summed E-state index contributed by atoms with van der Waals surface area (Å²) < 4.78 is 43.8. The average Bonchev–Trinajstić information content (AvgIpc) is 3.27. The topological polar surface area (TPSA) is 124 Å². The predicted octanol–water partition coefficient (Wildman–Crippen LogP) is 4.01. The Morgan fingerprint density at radius 3 is 2.82 bits per heavy atom. The van der Waals surface area contributed by atoms with Gasteiger partial charge in [0.1, 0.15) is 5.41 Å². The highest BCUT2D eigenvalue weighted by molar-refractivity contribution is 6.33. The number of urea groups is 1. The molecule has 2 amide bonds. The number of aromatic nitrogens is 4. The zero-order valence-corrected chi connectivity index (χ0v) is 18.0. The number of nitrogens with one attached hydrogen (secondary N) is 3. The number of hydrazone groups is 1. The Morgan fingerprint density at radius 1 is 1.39 bits per heavy atom. The highest BCUT2D eigenvalue weighted by atomic mass is 35.5. The fourth-order valence-corrected chi connectivity index (χ4v) is 3.79. The molecule has 3 aromatic heterocycles. The van der Waals surface area contributed by atoms with Crippen molar-refractivity contribution < 1.29 is 18.0 Å². The fourth-order valence-electron chi connectivity index (χ4n) is 3.58. The lowest BCUT2D eigenvalue weighted by Gasteiger charge is -2.28. The number of carbonyl (C=O) groups excluding carboxylic acids is 1. The number of nitrogens with zero attached hydrogens (tertiary/aromatic N) is 6. The molecule has 1 aliphatic rings. The van der Waals surface area contributed by atoms with Crippen molar-refractivity contribution in [2.45, 2.75) is 25.4 Å². The third-order valence-corrected chi connectivity index (χ3v) is 5.48. The molecule has 4 heterocycles. The predicted molar refractivity (Wildman–Crippen MR) is 118 cm³/mol. The molecule has 0 aromatic carbocycles. The highest BCUT2D eigenvalue weighted by Crippen LogP contribution is 2.51. The van der Waals surface area contributed by atoms with E-state index >= 15 is 0 Å². The lowest BCUT2D eigenvalue weighted by molar-refractivity contribution is -0.180. The Labute approximate surface area is 190 Å². The molecular weight excluding hydrogens is 463 g/mol. The second kappa shape index (κ2) is 7.99. The first kappa shape index (κ1) is 22.5. The molecule has 10 nitrogen and oxygen atoms in total. The maximum absolute atomic E-state index is 14.2. The van der Waals surface area contributed by atoms with Gasteiger partial charge in [-0.1, -0.05) is 11.6 Å². The summed E-state index contributed by atoms with van der Waals surface area (Å²) in [5.41, 5.74) is 0.785. The van der Waals surface area contributed by atoms with Gasteiger partial charge >= 0.3 is 12.2 Å². The van der Waals surface area contributed by atoms with Gasteiger partial charge in [0.25, 0.3) is 0 Å². The van der Waals surface area contributed by atoms with E-state index in [1.165, 1.54) is 35.4 Å². The molecule has 14 heteroatoms. The minimum atomic E-state index is -4.65. The van der Waals surface area contributed by atoms with Gasteiger partial charge in [-0.2, -0.15) is 23.4 Å². The van der Waals surface area contributed by atoms with Crippen LogP contribution in [0.5, 0.6) is 0 Å². The van der Waals surface area contributed by atoms with Crippen molar-refractivity contribution in [2.24, 2.45) is 5.10 Å². The third kappa shape index (κ3) is 3.84. The van der Waals surface area contributed by atoms with Gasteiger partial charge in [0.2, 0.25) is 0 Å². The molecule has 0 radical (unpaired) electrons. The maximum atomic E-state index is 14.2. The van der Waals surface area contributed by atoms with Gasteiger partial charge in [-0.05, 0) is 19.9 Å². The summed E-state index contributed by atoms with van der Waals surface area (Å²) in [7, 11) is 0. The summed E-state index contributed by atoms with van der Waals surface area (Å²) in [6.07, 6.45) is 1.48. The molecule has 0 spiro atoms. The van der Waals surface area contributed by atoms with Gasteiger partial charge in [-0.3, -0.25) is 10.3 Å². The van der Waals surface area contributed by atoms with Crippen LogP contribution < -0.4 is 15.6 Å². The van der Waals surface area contributed by atoms with Crippen LogP contribution in [0.4, 0.5) is 35.2 Å². The van der Waals surface area contributed by atoms with E-state index in [0.29, 0.717) is 5.69 Å². The van der Waals surface area contributed by atoms with Crippen molar-refractivity contribution in [3.63, 3.8) is 0 Å². The molecule has 3 aromatic rings. The summed E-state index contributed by atoms with van der Waals surface area (Å²) in [4.78, 5) is 22.2. The Hall–Kier alpha value is -3.74. The smallest absolute Gasteiger partial charge is 0.307 e. The number of alkyl halides is 3. The molecule has 0 aliphatic carbocycles. The van der Waals surface area contributed by atoms with Crippen molar-refractivity contribution in [1.82, 2.24) is 19.6 Å². The normalized spacial score (nSPS) is 18.1. The second-order valence-corrected chi connectivity index (χ2v) is 7.92. The Kier molecular flexibility index (Phi) is 5.44. The van der Waals surface area contributed by atoms with Crippen LogP contribution >= 0.6 is 11.6 Å². The van der Waals surface area contributed by atoms with E-state index in [0.717, 1.165) is 18.0 Å². The van der Waals surface area contributed by atoms with Gasteiger partial charge in [0.05, 0.1) is 46.9 Å². The maximum Gasteiger partial charge on any atom is 0.400 e. The Morgan fingerprint density at radius 2 is 2.15 bits per heavy atom. The number of halogens is 4. The number of anilines is 3. The number of pyridine rings is 1. The lowest BCUT2D eigenvalue weighted by Crippen LogP contribution is -2.46. The molecule has 172 valence electrons. The molecule has 1 aliphatic heterocycles. The first-order chi connectivity index (χ1) is 15.5. The van der Waals surface area contributed by atoms with Gasteiger partial charge < -0.3 is 10.7 Å². The zero-order valence-electron chi connectivity index (χ0n) is 17.3. The molecule has 1 atom stereocenters. The summed E-state index contributed by atoms with van der Waals surface area (Å²) >= 11 is 6.11. The summed E-state index contributed by atoms with van der Waals surface area (Å²) in [5, 5.41) is 17.3. The number of hydrogen-bond donors (Lipinski definition) is 3. The molecular formula is C19H17ClF3N9O. The molecule has 4 rings (SSSR count).